The molecule has 112 valence electrons. The molecular weight excluding hydrogens is 420 g/mol. The Labute approximate surface area is 141 Å². The van der Waals surface area contributed by atoms with Crippen LogP contribution in [0.3, 0.4) is 0 Å². The molecule has 0 saturated carbocycles. The molecule has 0 saturated heterocycles. The lowest BCUT2D eigenvalue weighted by atomic mass is 10.1. The summed E-state index contributed by atoms with van der Waals surface area (Å²) < 4.78 is 28.4. The lowest BCUT2D eigenvalue weighted by Gasteiger charge is -2.09. The van der Waals surface area contributed by atoms with E-state index in [0.29, 0.717) is 23.1 Å². The number of nitrogens with two attached hydrogens (primary N) is 1. The molecule has 0 atom stereocenters. The molecule has 0 fully saturated rings. The maximum atomic E-state index is 12.2. The molecule has 0 unspecified atom stereocenters. The first kappa shape index (κ1) is 16.5. The summed E-state index contributed by atoms with van der Waals surface area (Å²) in [4.78, 5) is 0.225. The number of sulfonamides is 1. The maximum Gasteiger partial charge on any atom is 0.241 e. The molecule has 2 rings (SSSR count). The molecule has 0 aliphatic rings. The summed E-state index contributed by atoms with van der Waals surface area (Å²) in [5, 5.41) is 0. The van der Waals surface area contributed by atoms with Gasteiger partial charge in [-0.05, 0) is 58.2 Å². The largest absolute Gasteiger partial charge is 0.399 e. The first-order valence-corrected chi connectivity index (χ1v) is 9.24. The van der Waals surface area contributed by atoms with E-state index in [9.17, 15) is 8.42 Å². The van der Waals surface area contributed by atoms with Gasteiger partial charge in [-0.15, -0.1) is 0 Å². The minimum absolute atomic E-state index is 0.225. The monoisotopic (exact) mass is 432 g/mol. The van der Waals surface area contributed by atoms with Crippen molar-refractivity contribution in [2.45, 2.75) is 11.3 Å². The van der Waals surface area contributed by atoms with Crippen molar-refractivity contribution in [2.75, 3.05) is 12.3 Å². The second kappa shape index (κ2) is 6.91. The Kier molecular flexibility index (Phi) is 5.43. The Morgan fingerprint density at radius 1 is 1.05 bits per heavy atom. The fraction of sp³-hybridized carbons (Fsp3) is 0.143. The fourth-order valence-corrected chi connectivity index (χ4v) is 4.56. The van der Waals surface area contributed by atoms with Crippen molar-refractivity contribution in [1.82, 2.24) is 4.72 Å². The van der Waals surface area contributed by atoms with Crippen LogP contribution >= 0.6 is 31.9 Å². The van der Waals surface area contributed by atoms with Crippen molar-refractivity contribution in [3.05, 3.63) is 57.0 Å². The number of rotatable bonds is 5. The van der Waals surface area contributed by atoms with E-state index in [1.807, 2.05) is 12.1 Å². The lowest BCUT2D eigenvalue weighted by Crippen LogP contribution is -2.26. The van der Waals surface area contributed by atoms with Crippen LogP contribution in [-0.4, -0.2) is 15.0 Å². The second-order valence-electron chi connectivity index (χ2n) is 4.46. The minimum atomic E-state index is -3.53. The van der Waals surface area contributed by atoms with Crippen LogP contribution in [0.5, 0.6) is 0 Å². The fourth-order valence-electron chi connectivity index (χ4n) is 1.78. The lowest BCUT2D eigenvalue weighted by molar-refractivity contribution is 0.581. The van der Waals surface area contributed by atoms with Gasteiger partial charge in [0.25, 0.3) is 0 Å². The zero-order chi connectivity index (χ0) is 15.5. The molecule has 21 heavy (non-hydrogen) atoms. The predicted molar refractivity (Wildman–Crippen MR) is 91.6 cm³/mol. The van der Waals surface area contributed by atoms with Crippen molar-refractivity contribution in [2.24, 2.45) is 0 Å². The predicted octanol–water partition coefficient (Wildman–Crippen LogP) is 3.31. The van der Waals surface area contributed by atoms with E-state index in [0.717, 1.165) is 10.0 Å². The van der Waals surface area contributed by atoms with E-state index < -0.39 is 10.0 Å². The molecule has 4 nitrogen and oxygen atoms in total. The third kappa shape index (κ3) is 4.54. The van der Waals surface area contributed by atoms with Gasteiger partial charge in [-0.25, -0.2) is 13.1 Å². The summed E-state index contributed by atoms with van der Waals surface area (Å²) in [6, 6.07) is 12.3. The summed E-state index contributed by atoms with van der Waals surface area (Å²) in [6.45, 7) is 0.328. The standard InChI is InChI=1S/C14H14Br2N2O2S/c15-11-3-6-14(13(16)9-11)21(19,20)18-8-7-10-1-4-12(17)5-2-10/h1-6,9,18H,7-8,17H2. The highest BCUT2D eigenvalue weighted by molar-refractivity contribution is 9.11. The number of nitrogen functional groups attached to an aromatic ring is 1. The normalized spacial score (nSPS) is 11.5. The number of anilines is 1. The molecule has 0 aromatic heterocycles. The molecule has 0 aliphatic heterocycles. The Bertz CT molecular complexity index is 731. The summed E-state index contributed by atoms with van der Waals surface area (Å²) in [6.07, 6.45) is 0.605. The number of hydrogen-bond acceptors (Lipinski definition) is 3. The summed E-state index contributed by atoms with van der Waals surface area (Å²) in [5.74, 6) is 0. The summed E-state index contributed by atoms with van der Waals surface area (Å²) >= 11 is 6.56. The molecular formula is C14H14Br2N2O2S. The smallest absolute Gasteiger partial charge is 0.241 e. The van der Waals surface area contributed by atoms with Crippen LogP contribution in [-0.2, 0) is 16.4 Å². The Hall–Kier alpha value is -0.890. The van der Waals surface area contributed by atoms with E-state index in [2.05, 4.69) is 36.6 Å². The van der Waals surface area contributed by atoms with E-state index in [1.54, 1.807) is 30.3 Å². The van der Waals surface area contributed by atoms with Gasteiger partial charge in [0.2, 0.25) is 10.0 Å². The van der Waals surface area contributed by atoms with Crippen LogP contribution in [0.4, 0.5) is 5.69 Å². The van der Waals surface area contributed by atoms with Crippen LogP contribution in [0.25, 0.3) is 0 Å². The van der Waals surface area contributed by atoms with Gasteiger partial charge in [-0.1, -0.05) is 28.1 Å². The first-order chi connectivity index (χ1) is 9.88. The molecule has 0 radical (unpaired) electrons. The molecule has 2 aromatic rings. The van der Waals surface area contributed by atoms with E-state index in [-0.39, 0.29) is 4.90 Å². The van der Waals surface area contributed by atoms with Crippen LogP contribution in [0.2, 0.25) is 0 Å². The second-order valence-corrected chi connectivity index (χ2v) is 7.97. The maximum absolute atomic E-state index is 12.2. The topological polar surface area (TPSA) is 72.2 Å². The van der Waals surface area contributed by atoms with Gasteiger partial charge in [0.15, 0.2) is 0 Å². The van der Waals surface area contributed by atoms with Gasteiger partial charge in [-0.3, -0.25) is 0 Å². The minimum Gasteiger partial charge on any atom is -0.399 e. The van der Waals surface area contributed by atoms with Gasteiger partial charge in [-0.2, -0.15) is 0 Å². The van der Waals surface area contributed by atoms with Crippen molar-refractivity contribution < 1.29 is 8.42 Å². The highest BCUT2D eigenvalue weighted by Gasteiger charge is 2.17. The Morgan fingerprint density at radius 2 is 1.71 bits per heavy atom. The SMILES string of the molecule is Nc1ccc(CCNS(=O)(=O)c2ccc(Br)cc2Br)cc1. The molecule has 0 spiro atoms. The Morgan fingerprint density at radius 3 is 2.33 bits per heavy atom. The van der Waals surface area contributed by atoms with Gasteiger partial charge < -0.3 is 5.73 Å². The third-order valence-electron chi connectivity index (χ3n) is 2.87. The molecule has 7 heteroatoms. The molecule has 0 amide bonds. The van der Waals surface area contributed by atoms with Crippen molar-refractivity contribution in [3.63, 3.8) is 0 Å². The summed E-state index contributed by atoms with van der Waals surface area (Å²) in [7, 11) is -3.53. The molecule has 0 aliphatic carbocycles. The zero-order valence-corrected chi connectivity index (χ0v) is 15.0. The van der Waals surface area contributed by atoms with Crippen LogP contribution in [0.15, 0.2) is 56.3 Å². The van der Waals surface area contributed by atoms with Crippen molar-refractivity contribution in [3.8, 4) is 0 Å². The van der Waals surface area contributed by atoms with Gasteiger partial charge in [0, 0.05) is 21.2 Å². The Balaban J connectivity index is 2.03. The van der Waals surface area contributed by atoms with E-state index >= 15 is 0 Å². The quantitative estimate of drug-likeness (QED) is 0.710. The number of hydrogen-bond donors (Lipinski definition) is 2. The van der Waals surface area contributed by atoms with Crippen molar-refractivity contribution in [1.29, 1.82) is 0 Å². The first-order valence-electron chi connectivity index (χ1n) is 6.17. The van der Waals surface area contributed by atoms with Gasteiger partial charge >= 0.3 is 0 Å². The van der Waals surface area contributed by atoms with E-state index in [4.69, 9.17) is 5.73 Å². The van der Waals surface area contributed by atoms with Crippen LogP contribution in [0, 0.1) is 0 Å². The van der Waals surface area contributed by atoms with Crippen molar-refractivity contribution >= 4 is 47.6 Å². The van der Waals surface area contributed by atoms with E-state index in [1.165, 1.54) is 0 Å². The molecule has 3 N–H and O–H groups in total. The van der Waals surface area contributed by atoms with Crippen LogP contribution < -0.4 is 10.5 Å². The summed E-state index contributed by atoms with van der Waals surface area (Å²) in [5.41, 5.74) is 7.33. The number of nitrogens with one attached hydrogen (secondary N) is 1. The number of halogens is 2. The average Bonchev–Trinajstić information content (AvgIpc) is 2.40. The molecule has 0 bridgehead atoms. The number of benzene rings is 2. The van der Waals surface area contributed by atoms with Gasteiger partial charge in [0.05, 0.1) is 4.90 Å². The zero-order valence-electron chi connectivity index (χ0n) is 11.0. The third-order valence-corrected chi connectivity index (χ3v) is 5.80. The highest BCUT2D eigenvalue weighted by Crippen LogP contribution is 2.25. The van der Waals surface area contributed by atoms with Crippen LogP contribution in [0.1, 0.15) is 5.56 Å². The molecule has 2 aromatic carbocycles. The van der Waals surface area contributed by atoms with Gasteiger partial charge in [0.1, 0.15) is 0 Å². The average molecular weight is 434 g/mol. The highest BCUT2D eigenvalue weighted by atomic mass is 79.9. The molecule has 0 heterocycles.